The van der Waals surface area contributed by atoms with Crippen molar-refractivity contribution >= 4 is 45.9 Å². The summed E-state index contributed by atoms with van der Waals surface area (Å²) in [4.78, 5) is 1.77. The maximum absolute atomic E-state index is 5.90. The summed E-state index contributed by atoms with van der Waals surface area (Å²) in [5.74, 6) is 6.00. The van der Waals surface area contributed by atoms with Crippen molar-refractivity contribution in [2.24, 2.45) is 0 Å². The minimum Gasteiger partial charge on any atom is -0.134 e. The molecule has 2 rings (SSSR count). The molecule has 70 valence electrons. The second-order valence-electron chi connectivity index (χ2n) is 2.45. The zero-order valence-electron chi connectivity index (χ0n) is 6.88. The quantitative estimate of drug-likeness (QED) is 0.610. The maximum atomic E-state index is 5.90. The summed E-state index contributed by atoms with van der Waals surface area (Å²) in [5, 5.41) is 5.25. The van der Waals surface area contributed by atoms with Gasteiger partial charge in [0.15, 0.2) is 0 Å². The molecule has 0 aromatic carbocycles. The maximum Gasteiger partial charge on any atom is 0.0958 e. The first-order valence-electron chi connectivity index (χ1n) is 3.75. The minimum atomic E-state index is 0.704. The Balaban J connectivity index is 2.31. The lowest BCUT2D eigenvalue weighted by molar-refractivity contribution is 1.89. The standard InChI is InChI=1S/C10H4Cl2S2/c11-7-3-5-13-9(7)1-2-10-8(12)4-6-14-10/h3-6H. The third kappa shape index (κ3) is 2.13. The Hall–Kier alpha value is -0.460. The number of hydrogen-bond donors (Lipinski definition) is 0. The molecule has 0 amide bonds. The Morgan fingerprint density at radius 2 is 1.29 bits per heavy atom. The highest BCUT2D eigenvalue weighted by Crippen LogP contribution is 2.23. The van der Waals surface area contributed by atoms with E-state index in [9.17, 15) is 0 Å². The molecule has 2 aromatic rings. The van der Waals surface area contributed by atoms with E-state index in [-0.39, 0.29) is 0 Å². The van der Waals surface area contributed by atoms with Gasteiger partial charge in [0, 0.05) is 0 Å². The molecule has 2 heterocycles. The van der Waals surface area contributed by atoms with Crippen LogP contribution in [0.25, 0.3) is 0 Å². The van der Waals surface area contributed by atoms with E-state index in [1.807, 2.05) is 22.9 Å². The van der Waals surface area contributed by atoms with Gasteiger partial charge in [-0.05, 0) is 34.7 Å². The van der Waals surface area contributed by atoms with Gasteiger partial charge in [0.1, 0.15) is 0 Å². The van der Waals surface area contributed by atoms with Gasteiger partial charge in [-0.15, -0.1) is 22.7 Å². The van der Waals surface area contributed by atoms with Gasteiger partial charge in [-0.3, -0.25) is 0 Å². The van der Waals surface area contributed by atoms with Crippen molar-refractivity contribution < 1.29 is 0 Å². The Bertz CT molecular complexity index is 455. The normalized spacial score (nSPS) is 9.57. The smallest absolute Gasteiger partial charge is 0.0958 e. The van der Waals surface area contributed by atoms with Crippen LogP contribution in [0.15, 0.2) is 22.9 Å². The molecule has 4 heteroatoms. The fraction of sp³-hybridized carbons (Fsp3) is 0. The van der Waals surface area contributed by atoms with Crippen molar-refractivity contribution in [2.75, 3.05) is 0 Å². The lowest BCUT2D eigenvalue weighted by atomic mass is 10.4. The molecule has 0 aliphatic heterocycles. The van der Waals surface area contributed by atoms with Crippen molar-refractivity contribution in [2.45, 2.75) is 0 Å². The Labute approximate surface area is 100 Å². The van der Waals surface area contributed by atoms with Gasteiger partial charge in [0.25, 0.3) is 0 Å². The van der Waals surface area contributed by atoms with Gasteiger partial charge in [-0.2, -0.15) is 0 Å². The lowest BCUT2D eigenvalue weighted by Crippen LogP contribution is -1.67. The van der Waals surface area contributed by atoms with E-state index in [0.29, 0.717) is 10.0 Å². The molecule has 0 spiro atoms. The van der Waals surface area contributed by atoms with Crippen molar-refractivity contribution in [1.82, 2.24) is 0 Å². The van der Waals surface area contributed by atoms with Crippen LogP contribution >= 0.6 is 45.9 Å². The molecule has 0 nitrogen and oxygen atoms in total. The fourth-order valence-corrected chi connectivity index (χ4v) is 2.78. The third-order valence-electron chi connectivity index (χ3n) is 1.52. The molecule has 0 unspecified atom stereocenters. The number of thiophene rings is 2. The highest BCUT2D eigenvalue weighted by Gasteiger charge is 1.98. The van der Waals surface area contributed by atoms with Crippen molar-refractivity contribution in [3.63, 3.8) is 0 Å². The second kappa shape index (κ2) is 4.37. The van der Waals surface area contributed by atoms with Crippen LogP contribution in [-0.2, 0) is 0 Å². The lowest BCUT2D eigenvalue weighted by Gasteiger charge is -1.83. The predicted molar refractivity (Wildman–Crippen MR) is 64.6 cm³/mol. The zero-order chi connectivity index (χ0) is 9.97. The first-order valence-corrected chi connectivity index (χ1v) is 6.27. The number of rotatable bonds is 0. The van der Waals surface area contributed by atoms with E-state index >= 15 is 0 Å². The molecule has 0 fully saturated rings. The number of halogens is 2. The largest absolute Gasteiger partial charge is 0.134 e. The van der Waals surface area contributed by atoms with Crippen LogP contribution in [0, 0.1) is 11.8 Å². The Morgan fingerprint density at radius 1 is 0.857 bits per heavy atom. The van der Waals surface area contributed by atoms with Crippen LogP contribution in [0.4, 0.5) is 0 Å². The molecular formula is C10H4Cl2S2. The second-order valence-corrected chi connectivity index (χ2v) is 5.09. The van der Waals surface area contributed by atoms with Gasteiger partial charge < -0.3 is 0 Å². The van der Waals surface area contributed by atoms with E-state index in [1.54, 1.807) is 0 Å². The topological polar surface area (TPSA) is 0 Å². The van der Waals surface area contributed by atoms with Crippen LogP contribution in [0.2, 0.25) is 10.0 Å². The molecule has 0 bridgehead atoms. The summed E-state index contributed by atoms with van der Waals surface area (Å²) in [7, 11) is 0. The highest BCUT2D eigenvalue weighted by molar-refractivity contribution is 7.11. The van der Waals surface area contributed by atoms with Crippen LogP contribution in [0.5, 0.6) is 0 Å². The molecule has 0 saturated heterocycles. The molecule has 0 atom stereocenters. The van der Waals surface area contributed by atoms with Crippen LogP contribution < -0.4 is 0 Å². The molecule has 0 N–H and O–H groups in total. The third-order valence-corrected chi connectivity index (χ3v) is 4.04. The van der Waals surface area contributed by atoms with E-state index in [4.69, 9.17) is 23.2 Å². The van der Waals surface area contributed by atoms with Crippen molar-refractivity contribution in [3.8, 4) is 11.8 Å². The molecule has 14 heavy (non-hydrogen) atoms. The van der Waals surface area contributed by atoms with Crippen LogP contribution in [0.1, 0.15) is 9.75 Å². The summed E-state index contributed by atoms with van der Waals surface area (Å²) in [6, 6.07) is 3.68. The first kappa shape index (κ1) is 10.1. The van der Waals surface area contributed by atoms with Crippen LogP contribution in [0.3, 0.4) is 0 Å². The average Bonchev–Trinajstić information content (AvgIpc) is 2.72. The fourth-order valence-electron chi connectivity index (χ4n) is 0.879. The molecule has 0 aliphatic rings. The average molecular weight is 259 g/mol. The van der Waals surface area contributed by atoms with Gasteiger partial charge in [0.2, 0.25) is 0 Å². The predicted octanol–water partition coefficient (Wildman–Crippen LogP) is 4.52. The highest BCUT2D eigenvalue weighted by atomic mass is 35.5. The molecular weight excluding hydrogens is 255 g/mol. The zero-order valence-corrected chi connectivity index (χ0v) is 10.0. The van der Waals surface area contributed by atoms with Gasteiger partial charge in [-0.1, -0.05) is 23.2 Å². The van der Waals surface area contributed by atoms with Gasteiger partial charge >= 0.3 is 0 Å². The van der Waals surface area contributed by atoms with E-state index < -0.39 is 0 Å². The molecule has 0 aliphatic carbocycles. The summed E-state index contributed by atoms with van der Waals surface area (Å²) in [5.41, 5.74) is 0. The summed E-state index contributed by atoms with van der Waals surface area (Å²) < 4.78 is 0. The van der Waals surface area contributed by atoms with E-state index in [0.717, 1.165) is 9.75 Å². The van der Waals surface area contributed by atoms with E-state index in [1.165, 1.54) is 22.7 Å². The number of hydrogen-bond acceptors (Lipinski definition) is 2. The SMILES string of the molecule is Clc1ccsc1C#Cc1sccc1Cl. The molecule has 0 saturated carbocycles. The summed E-state index contributed by atoms with van der Waals surface area (Å²) in [6.07, 6.45) is 0. The summed E-state index contributed by atoms with van der Waals surface area (Å²) >= 11 is 14.9. The van der Waals surface area contributed by atoms with Gasteiger partial charge in [-0.25, -0.2) is 0 Å². The van der Waals surface area contributed by atoms with Crippen LogP contribution in [-0.4, -0.2) is 0 Å². The Kier molecular flexibility index (Phi) is 3.15. The Morgan fingerprint density at radius 3 is 1.57 bits per heavy atom. The molecule has 0 radical (unpaired) electrons. The first-order chi connectivity index (χ1) is 6.77. The van der Waals surface area contributed by atoms with Crippen molar-refractivity contribution in [3.05, 3.63) is 42.7 Å². The van der Waals surface area contributed by atoms with E-state index in [2.05, 4.69) is 11.8 Å². The summed E-state index contributed by atoms with van der Waals surface area (Å²) in [6.45, 7) is 0. The van der Waals surface area contributed by atoms with Crippen molar-refractivity contribution in [1.29, 1.82) is 0 Å². The molecule has 2 aromatic heterocycles. The monoisotopic (exact) mass is 258 g/mol. The van der Waals surface area contributed by atoms with Gasteiger partial charge in [0.05, 0.1) is 19.8 Å². The minimum absolute atomic E-state index is 0.704.